The van der Waals surface area contributed by atoms with E-state index in [4.69, 9.17) is 0 Å². The van der Waals surface area contributed by atoms with Crippen LogP contribution in [0.2, 0.25) is 0 Å². The first-order valence-corrected chi connectivity index (χ1v) is 9.37. The van der Waals surface area contributed by atoms with Crippen LogP contribution in [-0.4, -0.2) is 22.5 Å². The van der Waals surface area contributed by atoms with E-state index in [0.29, 0.717) is 10.2 Å². The summed E-state index contributed by atoms with van der Waals surface area (Å²) in [5, 5.41) is 2.50. The number of benzene rings is 2. The van der Waals surface area contributed by atoms with E-state index in [1.54, 1.807) is 11.9 Å². The molecule has 0 aliphatic rings. The van der Waals surface area contributed by atoms with E-state index in [1.165, 1.54) is 22.2 Å². The number of para-hydroxylation sites is 1. The summed E-state index contributed by atoms with van der Waals surface area (Å²) in [4.78, 5) is 32.3. The van der Waals surface area contributed by atoms with Crippen molar-refractivity contribution in [3.63, 3.8) is 0 Å². The lowest BCUT2D eigenvalue weighted by molar-refractivity contribution is -0.118. The number of carbonyl (C=O) groups is 1. The minimum Gasteiger partial charge on any atom is -0.314 e. The second-order valence-corrected chi connectivity index (χ2v) is 7.02. The van der Waals surface area contributed by atoms with Gasteiger partial charge in [0.1, 0.15) is 11.4 Å². The third-order valence-corrected chi connectivity index (χ3v) is 5.36. The molecule has 0 spiro atoms. The molecular weight excluding hydrogens is 358 g/mol. The molecule has 0 radical (unpaired) electrons. The number of rotatable bonds is 4. The van der Waals surface area contributed by atoms with Crippen molar-refractivity contribution in [3.8, 4) is 11.1 Å². The predicted molar refractivity (Wildman–Crippen MR) is 109 cm³/mol. The minimum atomic E-state index is -0.199. The van der Waals surface area contributed by atoms with Crippen LogP contribution in [0.25, 0.3) is 21.3 Å². The molecule has 0 atom stereocenters. The summed E-state index contributed by atoms with van der Waals surface area (Å²) in [5.74, 6) is -0.180. The molecule has 0 aliphatic heterocycles. The highest BCUT2D eigenvalue weighted by Crippen LogP contribution is 2.30. The molecule has 6 heteroatoms. The fourth-order valence-electron chi connectivity index (χ4n) is 2.96. The largest absolute Gasteiger partial charge is 0.314 e. The number of fused-ring (bicyclic) bond motifs is 1. The van der Waals surface area contributed by atoms with Gasteiger partial charge in [0, 0.05) is 23.7 Å². The second-order valence-electron chi connectivity index (χ2n) is 6.16. The van der Waals surface area contributed by atoms with Crippen molar-refractivity contribution in [1.29, 1.82) is 0 Å². The Kier molecular flexibility index (Phi) is 4.56. The molecule has 0 unspecified atom stereocenters. The number of hydrogen-bond donors (Lipinski definition) is 0. The average molecular weight is 375 g/mol. The van der Waals surface area contributed by atoms with E-state index in [0.717, 1.165) is 16.8 Å². The fourth-order valence-corrected chi connectivity index (χ4v) is 3.86. The molecule has 4 rings (SSSR count). The molecule has 0 N–H and O–H groups in total. The van der Waals surface area contributed by atoms with Gasteiger partial charge in [0.05, 0.1) is 11.7 Å². The van der Waals surface area contributed by atoms with Gasteiger partial charge in [-0.05, 0) is 17.7 Å². The van der Waals surface area contributed by atoms with Crippen molar-refractivity contribution >= 4 is 33.1 Å². The van der Waals surface area contributed by atoms with Crippen LogP contribution in [0.3, 0.4) is 0 Å². The summed E-state index contributed by atoms with van der Waals surface area (Å²) in [6.45, 7) is -0.0583. The van der Waals surface area contributed by atoms with E-state index in [1.807, 2.05) is 66.0 Å². The maximum Gasteiger partial charge on any atom is 0.263 e. The maximum absolute atomic E-state index is 13.0. The number of nitrogens with zero attached hydrogens (tertiary/aromatic N) is 3. The molecule has 2 aromatic heterocycles. The third kappa shape index (κ3) is 3.27. The van der Waals surface area contributed by atoms with Gasteiger partial charge in [-0.3, -0.25) is 14.2 Å². The lowest BCUT2D eigenvalue weighted by Crippen LogP contribution is -2.34. The highest BCUT2D eigenvalue weighted by molar-refractivity contribution is 7.17. The van der Waals surface area contributed by atoms with E-state index < -0.39 is 0 Å². The summed E-state index contributed by atoms with van der Waals surface area (Å²) >= 11 is 1.43. The van der Waals surface area contributed by atoms with E-state index in [9.17, 15) is 9.59 Å². The summed E-state index contributed by atoms with van der Waals surface area (Å²) in [6, 6.07) is 19.1. The van der Waals surface area contributed by atoms with Gasteiger partial charge < -0.3 is 4.90 Å². The molecule has 4 aromatic rings. The first kappa shape index (κ1) is 17.2. The van der Waals surface area contributed by atoms with Gasteiger partial charge in [-0.1, -0.05) is 48.5 Å². The Labute approximate surface area is 160 Å². The van der Waals surface area contributed by atoms with Gasteiger partial charge in [-0.2, -0.15) is 0 Å². The van der Waals surface area contributed by atoms with Gasteiger partial charge in [0.2, 0.25) is 5.91 Å². The van der Waals surface area contributed by atoms with Crippen molar-refractivity contribution in [2.24, 2.45) is 0 Å². The SMILES string of the molecule is CN(C(=O)Cn1cnc2scc(-c3ccccc3)c2c1=O)c1ccccc1. The smallest absolute Gasteiger partial charge is 0.263 e. The predicted octanol–water partition coefficient (Wildman–Crippen LogP) is 3.79. The zero-order valence-electron chi connectivity index (χ0n) is 14.7. The van der Waals surface area contributed by atoms with Crippen LogP contribution < -0.4 is 10.5 Å². The molecule has 1 amide bonds. The highest BCUT2D eigenvalue weighted by atomic mass is 32.1. The van der Waals surface area contributed by atoms with Crippen molar-refractivity contribution in [3.05, 3.63) is 82.7 Å². The summed E-state index contributed by atoms with van der Waals surface area (Å²) in [7, 11) is 1.70. The summed E-state index contributed by atoms with van der Waals surface area (Å²) in [5.41, 5.74) is 2.40. The van der Waals surface area contributed by atoms with Crippen LogP contribution in [0.15, 0.2) is 77.2 Å². The molecular formula is C21H17N3O2S. The number of carbonyl (C=O) groups excluding carboxylic acids is 1. The fraction of sp³-hybridized carbons (Fsp3) is 0.0952. The first-order chi connectivity index (χ1) is 13.1. The molecule has 0 bridgehead atoms. The van der Waals surface area contributed by atoms with Crippen LogP contribution >= 0.6 is 11.3 Å². The average Bonchev–Trinajstić information content (AvgIpc) is 3.16. The maximum atomic E-state index is 13.0. The zero-order valence-corrected chi connectivity index (χ0v) is 15.5. The number of anilines is 1. The van der Waals surface area contributed by atoms with Crippen LogP contribution in [0.4, 0.5) is 5.69 Å². The molecule has 2 heterocycles. The molecule has 27 heavy (non-hydrogen) atoms. The van der Waals surface area contributed by atoms with Crippen LogP contribution in [0.1, 0.15) is 0 Å². The lowest BCUT2D eigenvalue weighted by atomic mass is 10.1. The monoisotopic (exact) mass is 375 g/mol. The number of thiophene rings is 1. The number of hydrogen-bond acceptors (Lipinski definition) is 4. The minimum absolute atomic E-state index is 0.0583. The molecule has 134 valence electrons. The lowest BCUT2D eigenvalue weighted by Gasteiger charge is -2.17. The quantitative estimate of drug-likeness (QED) is 0.545. The molecule has 0 saturated carbocycles. The second kappa shape index (κ2) is 7.17. The van der Waals surface area contributed by atoms with E-state index in [2.05, 4.69) is 4.98 Å². The van der Waals surface area contributed by atoms with Crippen molar-refractivity contribution in [2.75, 3.05) is 11.9 Å². The Balaban J connectivity index is 1.70. The number of amides is 1. The molecule has 2 aromatic carbocycles. The van der Waals surface area contributed by atoms with E-state index >= 15 is 0 Å². The van der Waals surface area contributed by atoms with Gasteiger partial charge in [0.15, 0.2) is 0 Å². The Bertz CT molecular complexity index is 1150. The Morgan fingerprint density at radius 1 is 1.07 bits per heavy atom. The summed E-state index contributed by atoms with van der Waals surface area (Å²) in [6.07, 6.45) is 1.45. The first-order valence-electron chi connectivity index (χ1n) is 8.49. The van der Waals surface area contributed by atoms with Crippen molar-refractivity contribution in [1.82, 2.24) is 9.55 Å². The van der Waals surface area contributed by atoms with Gasteiger partial charge in [-0.15, -0.1) is 11.3 Å². The standard InChI is InChI=1S/C21H17N3O2S/c1-23(16-10-6-3-7-11-16)18(25)12-24-14-22-20-19(21(24)26)17(13-27-20)15-8-4-2-5-9-15/h2-11,13-14H,12H2,1H3. The molecule has 0 fully saturated rings. The zero-order chi connectivity index (χ0) is 18.8. The van der Waals surface area contributed by atoms with Crippen molar-refractivity contribution in [2.45, 2.75) is 6.54 Å². The number of likely N-dealkylation sites (N-methyl/N-ethyl adjacent to an activating group) is 1. The molecule has 0 saturated heterocycles. The van der Waals surface area contributed by atoms with Crippen LogP contribution in [0.5, 0.6) is 0 Å². The topological polar surface area (TPSA) is 55.2 Å². The van der Waals surface area contributed by atoms with Gasteiger partial charge >= 0.3 is 0 Å². The summed E-state index contributed by atoms with van der Waals surface area (Å²) < 4.78 is 1.38. The molecule has 0 aliphatic carbocycles. The van der Waals surface area contributed by atoms with Gasteiger partial charge in [0.25, 0.3) is 5.56 Å². The van der Waals surface area contributed by atoms with Crippen LogP contribution in [0, 0.1) is 0 Å². The Hall–Kier alpha value is -3.25. The van der Waals surface area contributed by atoms with E-state index in [-0.39, 0.29) is 18.0 Å². The Morgan fingerprint density at radius 3 is 2.44 bits per heavy atom. The molecule has 5 nitrogen and oxygen atoms in total. The number of aromatic nitrogens is 2. The third-order valence-electron chi connectivity index (χ3n) is 4.47. The van der Waals surface area contributed by atoms with Crippen molar-refractivity contribution < 1.29 is 4.79 Å². The van der Waals surface area contributed by atoms with Gasteiger partial charge in [-0.25, -0.2) is 4.98 Å². The Morgan fingerprint density at radius 2 is 1.74 bits per heavy atom. The van der Waals surface area contributed by atoms with Crippen LogP contribution in [-0.2, 0) is 11.3 Å². The highest BCUT2D eigenvalue weighted by Gasteiger charge is 2.16. The normalized spacial score (nSPS) is 10.9.